The monoisotopic (exact) mass is 302 g/mol. The lowest BCUT2D eigenvalue weighted by atomic mass is 10.1. The minimum atomic E-state index is -0.800. The van der Waals surface area contributed by atoms with Crippen molar-refractivity contribution in [2.75, 3.05) is 5.32 Å². The molecule has 3 N–H and O–H groups in total. The summed E-state index contributed by atoms with van der Waals surface area (Å²) < 4.78 is 4.86. The fraction of sp³-hybridized carbons (Fsp3) is 0.267. The molecule has 0 aliphatic rings. The predicted molar refractivity (Wildman–Crippen MR) is 82.2 cm³/mol. The molecule has 0 aliphatic heterocycles. The molecule has 0 saturated heterocycles. The van der Waals surface area contributed by atoms with Gasteiger partial charge in [0.25, 0.3) is 5.91 Å². The molecule has 1 aromatic carbocycles. The Balaban J connectivity index is 1.84. The van der Waals surface area contributed by atoms with E-state index < -0.39 is 6.10 Å². The van der Waals surface area contributed by atoms with Gasteiger partial charge in [-0.05, 0) is 19.4 Å². The summed E-state index contributed by atoms with van der Waals surface area (Å²) >= 11 is 0. The third-order valence-electron chi connectivity index (χ3n) is 2.80. The molecule has 0 fully saturated rings. The Morgan fingerprint density at radius 3 is 2.82 bits per heavy atom. The van der Waals surface area contributed by atoms with Crippen molar-refractivity contribution in [3.8, 4) is 0 Å². The maximum Gasteiger partial charge on any atom is 0.269 e. The number of aryl methyl sites for hydroxylation is 1. The fourth-order valence-electron chi connectivity index (χ4n) is 1.69. The molecule has 1 amide bonds. The number of amides is 1. The zero-order chi connectivity index (χ0) is 15.9. The molecule has 1 aromatic heterocycles. The van der Waals surface area contributed by atoms with E-state index in [2.05, 4.69) is 15.6 Å². The van der Waals surface area contributed by atoms with Crippen LogP contribution >= 0.6 is 0 Å². The van der Waals surface area contributed by atoms with Crippen LogP contribution in [0.25, 0.3) is 0 Å². The van der Waals surface area contributed by atoms with Crippen LogP contribution in [0.5, 0.6) is 0 Å². The van der Waals surface area contributed by atoms with Crippen LogP contribution in [0.3, 0.4) is 0 Å². The molecule has 0 radical (unpaired) electrons. The van der Waals surface area contributed by atoms with Gasteiger partial charge in [0.15, 0.2) is 5.82 Å². The second kappa shape index (κ2) is 7.26. The van der Waals surface area contributed by atoms with Crippen molar-refractivity contribution in [1.29, 1.82) is 0 Å². The molecule has 0 aliphatic carbocycles. The van der Waals surface area contributed by atoms with Crippen LogP contribution in [-0.2, 0) is 16.1 Å². The SMILES string of the molecule is Cc1cc(NC(=O)C(C)O/N=C(/N)Cc2ccccc2)no1. The van der Waals surface area contributed by atoms with Crippen molar-refractivity contribution < 1.29 is 14.2 Å². The van der Waals surface area contributed by atoms with Crippen LogP contribution < -0.4 is 11.1 Å². The highest BCUT2D eigenvalue weighted by Gasteiger charge is 2.16. The molecule has 2 aromatic rings. The molecule has 22 heavy (non-hydrogen) atoms. The Morgan fingerprint density at radius 2 is 2.18 bits per heavy atom. The predicted octanol–water partition coefficient (Wildman–Crippen LogP) is 1.84. The van der Waals surface area contributed by atoms with Gasteiger partial charge in [-0.3, -0.25) is 4.79 Å². The minimum absolute atomic E-state index is 0.295. The summed E-state index contributed by atoms with van der Waals surface area (Å²) in [4.78, 5) is 17.0. The average molecular weight is 302 g/mol. The molecule has 0 saturated carbocycles. The third kappa shape index (κ3) is 4.62. The van der Waals surface area contributed by atoms with E-state index in [1.807, 2.05) is 30.3 Å². The molecule has 0 spiro atoms. The van der Waals surface area contributed by atoms with Crippen LogP contribution in [0.2, 0.25) is 0 Å². The van der Waals surface area contributed by atoms with Gasteiger partial charge in [0.1, 0.15) is 11.6 Å². The van der Waals surface area contributed by atoms with Crippen molar-refractivity contribution in [1.82, 2.24) is 5.16 Å². The minimum Gasteiger partial charge on any atom is -0.384 e. The summed E-state index contributed by atoms with van der Waals surface area (Å²) in [5.74, 6) is 0.848. The molecule has 1 unspecified atom stereocenters. The number of aromatic nitrogens is 1. The Labute approximate surface area is 128 Å². The molecule has 7 heteroatoms. The van der Waals surface area contributed by atoms with E-state index in [1.54, 1.807) is 19.9 Å². The lowest BCUT2D eigenvalue weighted by Gasteiger charge is -2.09. The Kier molecular flexibility index (Phi) is 5.13. The third-order valence-corrected chi connectivity index (χ3v) is 2.80. The Bertz CT molecular complexity index is 652. The van der Waals surface area contributed by atoms with Crippen molar-refractivity contribution in [3.05, 3.63) is 47.7 Å². The molecule has 1 atom stereocenters. The van der Waals surface area contributed by atoms with E-state index in [0.29, 0.717) is 23.8 Å². The van der Waals surface area contributed by atoms with E-state index in [9.17, 15) is 4.79 Å². The van der Waals surface area contributed by atoms with Gasteiger partial charge < -0.3 is 20.4 Å². The van der Waals surface area contributed by atoms with E-state index in [-0.39, 0.29) is 5.91 Å². The number of nitrogens with zero attached hydrogens (tertiary/aromatic N) is 2. The van der Waals surface area contributed by atoms with Crippen molar-refractivity contribution in [2.24, 2.45) is 10.9 Å². The number of benzene rings is 1. The number of hydrogen-bond donors (Lipinski definition) is 2. The zero-order valence-corrected chi connectivity index (χ0v) is 12.4. The maximum absolute atomic E-state index is 11.9. The van der Waals surface area contributed by atoms with Crippen molar-refractivity contribution in [3.63, 3.8) is 0 Å². The molecule has 1 heterocycles. The number of anilines is 1. The molecule has 0 bridgehead atoms. The quantitative estimate of drug-likeness (QED) is 0.481. The standard InChI is InChI=1S/C15H18N4O3/c1-10-8-14(19-21-10)17-15(20)11(2)22-18-13(16)9-12-6-4-3-5-7-12/h3-8,11H,9H2,1-2H3,(H2,16,18)(H,17,19,20). The number of amidine groups is 1. The topological polar surface area (TPSA) is 103 Å². The summed E-state index contributed by atoms with van der Waals surface area (Å²) in [6, 6.07) is 11.2. The fourth-order valence-corrected chi connectivity index (χ4v) is 1.69. The van der Waals surface area contributed by atoms with E-state index in [4.69, 9.17) is 15.1 Å². The van der Waals surface area contributed by atoms with Crippen LogP contribution in [-0.4, -0.2) is 23.0 Å². The normalized spacial score (nSPS) is 12.7. The van der Waals surface area contributed by atoms with Crippen LogP contribution in [0.15, 0.2) is 46.1 Å². The first-order chi connectivity index (χ1) is 10.5. The van der Waals surface area contributed by atoms with Gasteiger partial charge in [-0.1, -0.05) is 40.6 Å². The number of carbonyl (C=O) groups excluding carboxylic acids is 1. The Morgan fingerprint density at radius 1 is 1.45 bits per heavy atom. The highest BCUT2D eigenvalue weighted by atomic mass is 16.6. The first-order valence-electron chi connectivity index (χ1n) is 6.81. The number of nitrogens with two attached hydrogens (primary N) is 1. The summed E-state index contributed by atoms with van der Waals surface area (Å²) in [6.45, 7) is 3.30. The smallest absolute Gasteiger partial charge is 0.269 e. The largest absolute Gasteiger partial charge is 0.384 e. The van der Waals surface area contributed by atoms with Gasteiger partial charge in [0.05, 0.1) is 0 Å². The van der Waals surface area contributed by atoms with E-state index >= 15 is 0 Å². The second-order valence-electron chi connectivity index (χ2n) is 4.80. The van der Waals surface area contributed by atoms with Gasteiger partial charge in [-0.15, -0.1) is 0 Å². The van der Waals surface area contributed by atoms with E-state index in [0.717, 1.165) is 5.56 Å². The molecular weight excluding hydrogens is 284 g/mol. The summed E-state index contributed by atoms with van der Waals surface area (Å²) in [7, 11) is 0. The lowest BCUT2D eigenvalue weighted by Crippen LogP contribution is -2.27. The number of rotatable bonds is 6. The van der Waals surface area contributed by atoms with Crippen molar-refractivity contribution >= 4 is 17.6 Å². The molecule has 116 valence electrons. The van der Waals surface area contributed by atoms with Gasteiger partial charge in [0.2, 0.25) is 6.10 Å². The first-order valence-corrected chi connectivity index (χ1v) is 6.81. The summed E-state index contributed by atoms with van der Waals surface area (Å²) in [5, 5.41) is 10.0. The highest BCUT2D eigenvalue weighted by Crippen LogP contribution is 2.08. The van der Waals surface area contributed by atoms with Gasteiger partial charge in [-0.2, -0.15) is 0 Å². The Hall–Kier alpha value is -2.83. The van der Waals surface area contributed by atoms with Crippen LogP contribution in [0, 0.1) is 6.92 Å². The maximum atomic E-state index is 11.9. The van der Waals surface area contributed by atoms with E-state index in [1.165, 1.54) is 0 Å². The van der Waals surface area contributed by atoms with Crippen molar-refractivity contribution in [2.45, 2.75) is 26.4 Å². The zero-order valence-electron chi connectivity index (χ0n) is 12.4. The number of oxime groups is 1. The first kappa shape index (κ1) is 15.6. The summed E-state index contributed by atoms with van der Waals surface area (Å²) in [5.41, 5.74) is 6.79. The highest BCUT2D eigenvalue weighted by molar-refractivity contribution is 5.93. The van der Waals surface area contributed by atoms with Crippen LogP contribution in [0.4, 0.5) is 5.82 Å². The molecule has 7 nitrogen and oxygen atoms in total. The van der Waals surface area contributed by atoms with Gasteiger partial charge >= 0.3 is 0 Å². The van der Waals surface area contributed by atoms with Crippen LogP contribution in [0.1, 0.15) is 18.2 Å². The van der Waals surface area contributed by atoms with Gasteiger partial charge in [0, 0.05) is 12.5 Å². The summed E-state index contributed by atoms with van der Waals surface area (Å²) in [6.07, 6.45) is -0.344. The number of nitrogens with one attached hydrogen (secondary N) is 1. The lowest BCUT2D eigenvalue weighted by molar-refractivity contribution is -0.126. The average Bonchev–Trinajstić information content (AvgIpc) is 2.91. The number of hydrogen-bond acceptors (Lipinski definition) is 5. The van der Waals surface area contributed by atoms with Gasteiger partial charge in [-0.25, -0.2) is 0 Å². The molecular formula is C15H18N4O3. The molecule has 2 rings (SSSR count). The second-order valence-corrected chi connectivity index (χ2v) is 4.80. The number of carbonyl (C=O) groups is 1.